The number of amides is 1. The zero-order chi connectivity index (χ0) is 17.6. The predicted molar refractivity (Wildman–Crippen MR) is 89.0 cm³/mol. The molecule has 1 aliphatic rings. The summed E-state index contributed by atoms with van der Waals surface area (Å²) in [6.07, 6.45) is 0.798. The SMILES string of the molecule is O=C(COC(=O)Cc1n[nH]c(=O)c2ccccc12)NCC1CCOC1. The van der Waals surface area contributed by atoms with Gasteiger partial charge < -0.3 is 14.8 Å². The molecule has 1 atom stereocenters. The molecule has 1 fully saturated rings. The summed E-state index contributed by atoms with van der Waals surface area (Å²) in [6.45, 7) is 1.54. The minimum absolute atomic E-state index is 0.124. The molecule has 0 aliphatic carbocycles. The van der Waals surface area contributed by atoms with Crippen LogP contribution in [0.1, 0.15) is 12.1 Å². The first-order chi connectivity index (χ1) is 12.1. The second kappa shape index (κ2) is 7.89. The second-order valence-corrected chi connectivity index (χ2v) is 5.92. The lowest BCUT2D eigenvalue weighted by atomic mass is 10.1. The number of rotatable bonds is 6. The maximum atomic E-state index is 12.0. The van der Waals surface area contributed by atoms with Gasteiger partial charge in [0, 0.05) is 24.5 Å². The van der Waals surface area contributed by atoms with Crippen LogP contribution < -0.4 is 10.9 Å². The molecule has 0 saturated carbocycles. The van der Waals surface area contributed by atoms with E-state index in [1.54, 1.807) is 24.3 Å². The number of carbonyl (C=O) groups is 2. The van der Waals surface area contributed by atoms with Gasteiger partial charge in [0.15, 0.2) is 6.61 Å². The van der Waals surface area contributed by atoms with Gasteiger partial charge in [0.25, 0.3) is 11.5 Å². The van der Waals surface area contributed by atoms with Crippen LogP contribution in [0.25, 0.3) is 10.8 Å². The number of H-pyrrole nitrogens is 1. The zero-order valence-electron chi connectivity index (χ0n) is 13.6. The summed E-state index contributed by atoms with van der Waals surface area (Å²) in [7, 11) is 0. The molecule has 132 valence electrons. The average Bonchev–Trinajstić information content (AvgIpc) is 3.14. The number of aromatic nitrogens is 2. The molecule has 25 heavy (non-hydrogen) atoms. The molecule has 2 N–H and O–H groups in total. The monoisotopic (exact) mass is 345 g/mol. The van der Waals surface area contributed by atoms with Gasteiger partial charge in [-0.3, -0.25) is 14.4 Å². The van der Waals surface area contributed by atoms with E-state index in [9.17, 15) is 14.4 Å². The summed E-state index contributed by atoms with van der Waals surface area (Å²) in [5.74, 6) is -0.611. The van der Waals surface area contributed by atoms with Crippen molar-refractivity contribution in [3.05, 3.63) is 40.3 Å². The fourth-order valence-electron chi connectivity index (χ4n) is 2.69. The fraction of sp³-hybridized carbons (Fsp3) is 0.412. The first-order valence-corrected chi connectivity index (χ1v) is 8.10. The van der Waals surface area contributed by atoms with Crippen molar-refractivity contribution >= 4 is 22.6 Å². The Kier molecular flexibility index (Phi) is 5.39. The summed E-state index contributed by atoms with van der Waals surface area (Å²) >= 11 is 0. The number of carbonyl (C=O) groups excluding carboxylic acids is 2. The zero-order valence-corrected chi connectivity index (χ0v) is 13.6. The fourth-order valence-corrected chi connectivity index (χ4v) is 2.69. The molecular formula is C17H19N3O5. The molecule has 0 bridgehead atoms. The third kappa shape index (κ3) is 4.42. The highest BCUT2D eigenvalue weighted by molar-refractivity contribution is 5.87. The van der Waals surface area contributed by atoms with Crippen LogP contribution >= 0.6 is 0 Å². The van der Waals surface area contributed by atoms with Crippen molar-refractivity contribution in [2.75, 3.05) is 26.4 Å². The van der Waals surface area contributed by atoms with E-state index in [0.29, 0.717) is 35.5 Å². The van der Waals surface area contributed by atoms with E-state index in [1.807, 2.05) is 0 Å². The molecule has 1 aromatic carbocycles. The molecular weight excluding hydrogens is 326 g/mol. The van der Waals surface area contributed by atoms with Crippen molar-refractivity contribution in [1.29, 1.82) is 0 Å². The molecule has 8 heteroatoms. The van der Waals surface area contributed by atoms with Crippen molar-refractivity contribution in [3.8, 4) is 0 Å². The number of hydrogen-bond acceptors (Lipinski definition) is 6. The van der Waals surface area contributed by atoms with Crippen molar-refractivity contribution in [2.45, 2.75) is 12.8 Å². The molecule has 1 unspecified atom stereocenters. The molecule has 1 aromatic heterocycles. The number of esters is 1. The first kappa shape index (κ1) is 17.1. The number of aromatic amines is 1. The summed E-state index contributed by atoms with van der Waals surface area (Å²) in [5.41, 5.74) is 0.0895. The number of nitrogens with one attached hydrogen (secondary N) is 2. The molecule has 8 nitrogen and oxygen atoms in total. The highest BCUT2D eigenvalue weighted by Gasteiger charge is 2.17. The van der Waals surface area contributed by atoms with Crippen LogP contribution in [0.2, 0.25) is 0 Å². The van der Waals surface area contributed by atoms with Gasteiger partial charge in [0.1, 0.15) is 0 Å². The summed E-state index contributed by atoms with van der Waals surface area (Å²) < 4.78 is 10.2. The van der Waals surface area contributed by atoms with Crippen LogP contribution in [0, 0.1) is 5.92 Å². The molecule has 0 spiro atoms. The highest BCUT2D eigenvalue weighted by Crippen LogP contribution is 2.13. The molecule has 1 amide bonds. The highest BCUT2D eigenvalue weighted by atomic mass is 16.5. The minimum atomic E-state index is -0.580. The second-order valence-electron chi connectivity index (χ2n) is 5.92. The van der Waals surface area contributed by atoms with Crippen LogP contribution in [0.3, 0.4) is 0 Å². The number of fused-ring (bicyclic) bond motifs is 1. The van der Waals surface area contributed by atoms with E-state index >= 15 is 0 Å². The Labute approximate surface area is 143 Å². The Morgan fingerprint density at radius 2 is 2.12 bits per heavy atom. The van der Waals surface area contributed by atoms with Crippen LogP contribution in [0.4, 0.5) is 0 Å². The molecule has 0 radical (unpaired) electrons. The Bertz CT molecular complexity index is 826. The lowest BCUT2D eigenvalue weighted by molar-refractivity contribution is -0.147. The van der Waals surface area contributed by atoms with Gasteiger partial charge in [0.05, 0.1) is 24.1 Å². The van der Waals surface area contributed by atoms with Gasteiger partial charge in [-0.2, -0.15) is 5.10 Å². The molecule has 2 aromatic rings. The van der Waals surface area contributed by atoms with Gasteiger partial charge in [-0.05, 0) is 12.5 Å². The maximum absolute atomic E-state index is 12.0. The van der Waals surface area contributed by atoms with E-state index < -0.39 is 5.97 Å². The average molecular weight is 345 g/mol. The third-order valence-corrected chi connectivity index (χ3v) is 4.06. The Morgan fingerprint density at radius 1 is 1.32 bits per heavy atom. The van der Waals surface area contributed by atoms with Crippen molar-refractivity contribution in [3.63, 3.8) is 0 Å². The van der Waals surface area contributed by atoms with Gasteiger partial charge in [-0.1, -0.05) is 18.2 Å². The lowest BCUT2D eigenvalue weighted by Gasteiger charge is -2.10. The largest absolute Gasteiger partial charge is 0.455 e. The Hall–Kier alpha value is -2.74. The topological polar surface area (TPSA) is 110 Å². The first-order valence-electron chi connectivity index (χ1n) is 8.10. The summed E-state index contributed by atoms with van der Waals surface area (Å²) in [4.78, 5) is 35.4. The van der Waals surface area contributed by atoms with Crippen LogP contribution in [0.5, 0.6) is 0 Å². The van der Waals surface area contributed by atoms with Gasteiger partial charge in [-0.15, -0.1) is 0 Å². The standard InChI is InChI=1S/C17H19N3O5/c21-15(18-8-11-5-6-24-9-11)10-25-16(22)7-14-12-3-1-2-4-13(12)17(23)20-19-14/h1-4,11H,5-10H2,(H,18,21)(H,20,23). The number of hydrogen-bond donors (Lipinski definition) is 2. The lowest BCUT2D eigenvalue weighted by Crippen LogP contribution is -2.33. The van der Waals surface area contributed by atoms with E-state index in [1.165, 1.54) is 0 Å². The van der Waals surface area contributed by atoms with E-state index in [-0.39, 0.29) is 24.5 Å². The number of benzene rings is 1. The molecule has 1 saturated heterocycles. The van der Waals surface area contributed by atoms with Crippen molar-refractivity contribution in [2.24, 2.45) is 5.92 Å². The molecule has 3 rings (SSSR count). The predicted octanol–water partition coefficient (Wildman–Crippen LogP) is 0.161. The normalized spacial score (nSPS) is 16.7. The van der Waals surface area contributed by atoms with Gasteiger partial charge >= 0.3 is 5.97 Å². The maximum Gasteiger partial charge on any atom is 0.312 e. The quantitative estimate of drug-likeness (QED) is 0.722. The van der Waals surface area contributed by atoms with E-state index in [2.05, 4.69) is 15.5 Å². The Balaban J connectivity index is 1.52. The third-order valence-electron chi connectivity index (χ3n) is 4.06. The van der Waals surface area contributed by atoms with E-state index in [4.69, 9.17) is 9.47 Å². The van der Waals surface area contributed by atoms with Crippen LogP contribution in [-0.4, -0.2) is 48.4 Å². The number of nitrogens with zero attached hydrogens (tertiary/aromatic N) is 1. The van der Waals surface area contributed by atoms with Crippen molar-refractivity contribution in [1.82, 2.24) is 15.5 Å². The molecule has 1 aliphatic heterocycles. The van der Waals surface area contributed by atoms with Crippen LogP contribution in [0.15, 0.2) is 29.1 Å². The smallest absolute Gasteiger partial charge is 0.312 e. The van der Waals surface area contributed by atoms with Gasteiger partial charge in [0.2, 0.25) is 0 Å². The minimum Gasteiger partial charge on any atom is -0.455 e. The Morgan fingerprint density at radius 3 is 2.88 bits per heavy atom. The molecule has 2 heterocycles. The summed E-state index contributed by atoms with van der Waals surface area (Å²) in [5, 5.41) is 10.0. The number of ether oxygens (including phenoxy) is 2. The van der Waals surface area contributed by atoms with E-state index in [0.717, 1.165) is 13.0 Å². The summed E-state index contributed by atoms with van der Waals surface area (Å²) in [6, 6.07) is 6.87. The van der Waals surface area contributed by atoms with Crippen LogP contribution in [-0.2, 0) is 25.5 Å². The van der Waals surface area contributed by atoms with Gasteiger partial charge in [-0.25, -0.2) is 5.10 Å². The van der Waals surface area contributed by atoms with Crippen molar-refractivity contribution < 1.29 is 19.1 Å².